The zero-order valence-electron chi connectivity index (χ0n) is 14.3. The minimum Gasteiger partial charge on any atom is -0.359 e. The van der Waals surface area contributed by atoms with Gasteiger partial charge in [-0.1, -0.05) is 45.0 Å². The number of ether oxygens (including phenoxy) is 2. The summed E-state index contributed by atoms with van der Waals surface area (Å²) in [6, 6.07) is 7.95. The number of amides is 1. The summed E-state index contributed by atoms with van der Waals surface area (Å²) in [5.41, 5.74) is 1.95. The van der Waals surface area contributed by atoms with Gasteiger partial charge in [0.25, 0.3) is 5.91 Å². The van der Waals surface area contributed by atoms with Crippen LogP contribution < -0.4 is 4.90 Å². The lowest BCUT2D eigenvalue weighted by Crippen LogP contribution is -2.40. The van der Waals surface area contributed by atoms with Crippen LogP contribution in [0.5, 0.6) is 0 Å². The lowest BCUT2D eigenvalue weighted by Gasteiger charge is -2.31. The van der Waals surface area contributed by atoms with Gasteiger partial charge in [0, 0.05) is 19.3 Å². The summed E-state index contributed by atoms with van der Waals surface area (Å²) in [7, 11) is 1.54. The molecule has 0 saturated carbocycles. The van der Waals surface area contributed by atoms with E-state index in [1.54, 1.807) is 17.9 Å². The molecule has 4 heteroatoms. The summed E-state index contributed by atoms with van der Waals surface area (Å²) in [5.74, 6) is -0.103. The molecule has 0 aromatic heterocycles. The Kier molecular flexibility index (Phi) is 6.78. The van der Waals surface area contributed by atoms with E-state index in [0.29, 0.717) is 6.54 Å². The van der Waals surface area contributed by atoms with E-state index in [2.05, 4.69) is 33.4 Å². The minimum absolute atomic E-state index is 0.0626. The molecule has 1 aromatic carbocycles. The largest absolute Gasteiger partial charge is 0.359 e. The maximum atomic E-state index is 12.7. The van der Waals surface area contributed by atoms with Crippen LogP contribution in [0.1, 0.15) is 33.3 Å². The van der Waals surface area contributed by atoms with Crippen LogP contribution >= 0.6 is 0 Å². The Labute approximate surface area is 133 Å². The lowest BCUT2D eigenvalue weighted by atomic mass is 9.85. The Hall–Kier alpha value is -1.65. The third-order valence-electron chi connectivity index (χ3n) is 3.36. The molecule has 1 unspecified atom stereocenters. The number of anilines is 1. The first kappa shape index (κ1) is 18.4. The smallest absolute Gasteiger partial charge is 0.256 e. The maximum Gasteiger partial charge on any atom is 0.256 e. The Morgan fingerprint density at radius 1 is 1.36 bits per heavy atom. The van der Waals surface area contributed by atoms with E-state index < -0.39 is 6.10 Å². The predicted octanol–water partition coefficient (Wildman–Crippen LogP) is 3.51. The number of benzene rings is 1. The molecule has 122 valence electrons. The maximum absolute atomic E-state index is 12.7. The van der Waals surface area contributed by atoms with Crippen molar-refractivity contribution in [1.82, 2.24) is 0 Å². The first-order valence-electron chi connectivity index (χ1n) is 7.45. The fourth-order valence-corrected chi connectivity index (χ4v) is 2.24. The second-order valence-electron chi connectivity index (χ2n) is 6.22. The van der Waals surface area contributed by atoms with Gasteiger partial charge in [-0.3, -0.25) is 4.79 Å². The SMILES string of the molecule is C=CCN(C(=O)C(C)OCOC)c1ccccc1C(C)(C)C. The summed E-state index contributed by atoms with van der Waals surface area (Å²) in [5, 5.41) is 0. The van der Waals surface area contributed by atoms with Gasteiger partial charge in [0.05, 0.1) is 0 Å². The summed E-state index contributed by atoms with van der Waals surface area (Å²) in [6.45, 7) is 12.4. The molecular formula is C18H27NO3. The average molecular weight is 305 g/mol. The lowest BCUT2D eigenvalue weighted by molar-refractivity contribution is -0.137. The Morgan fingerprint density at radius 3 is 2.55 bits per heavy atom. The van der Waals surface area contributed by atoms with Crippen LogP contribution in [0.4, 0.5) is 5.69 Å². The van der Waals surface area contributed by atoms with E-state index in [4.69, 9.17) is 9.47 Å². The third-order valence-corrected chi connectivity index (χ3v) is 3.36. The van der Waals surface area contributed by atoms with Crippen LogP contribution in [0.2, 0.25) is 0 Å². The van der Waals surface area contributed by atoms with Crippen molar-refractivity contribution in [2.75, 3.05) is 25.3 Å². The predicted molar refractivity (Wildman–Crippen MR) is 90.1 cm³/mol. The summed E-state index contributed by atoms with van der Waals surface area (Å²) >= 11 is 0. The van der Waals surface area contributed by atoms with Crippen molar-refractivity contribution in [3.63, 3.8) is 0 Å². The zero-order chi connectivity index (χ0) is 16.8. The topological polar surface area (TPSA) is 38.8 Å². The molecule has 1 rings (SSSR count). The normalized spacial score (nSPS) is 12.8. The molecule has 0 bridgehead atoms. The van der Waals surface area contributed by atoms with Crippen molar-refractivity contribution in [1.29, 1.82) is 0 Å². The molecule has 0 fully saturated rings. The van der Waals surface area contributed by atoms with E-state index in [9.17, 15) is 4.79 Å². The monoisotopic (exact) mass is 305 g/mol. The standard InChI is InChI=1S/C18H27NO3/c1-7-12-19(17(20)14(2)22-13-21-6)16-11-9-8-10-15(16)18(3,4)5/h7-11,14H,1,12-13H2,2-6H3. The van der Waals surface area contributed by atoms with Gasteiger partial charge in [0.1, 0.15) is 12.9 Å². The number of hydrogen-bond donors (Lipinski definition) is 0. The summed E-state index contributed by atoms with van der Waals surface area (Å²) < 4.78 is 10.3. The van der Waals surface area contributed by atoms with Gasteiger partial charge in [0.15, 0.2) is 0 Å². The number of para-hydroxylation sites is 1. The molecule has 22 heavy (non-hydrogen) atoms. The van der Waals surface area contributed by atoms with E-state index in [1.807, 2.05) is 18.2 Å². The number of nitrogens with zero attached hydrogens (tertiary/aromatic N) is 1. The number of hydrogen-bond acceptors (Lipinski definition) is 3. The van der Waals surface area contributed by atoms with Crippen molar-refractivity contribution < 1.29 is 14.3 Å². The van der Waals surface area contributed by atoms with Gasteiger partial charge in [-0.2, -0.15) is 0 Å². The first-order chi connectivity index (χ1) is 10.3. The molecule has 0 aliphatic carbocycles. The Morgan fingerprint density at radius 2 is 2.00 bits per heavy atom. The molecule has 0 radical (unpaired) electrons. The van der Waals surface area contributed by atoms with E-state index >= 15 is 0 Å². The highest BCUT2D eigenvalue weighted by Crippen LogP contribution is 2.32. The van der Waals surface area contributed by atoms with Crippen LogP contribution in [-0.4, -0.2) is 32.5 Å². The fourth-order valence-electron chi connectivity index (χ4n) is 2.24. The fraction of sp³-hybridized carbons (Fsp3) is 0.500. The minimum atomic E-state index is -0.576. The van der Waals surface area contributed by atoms with Crippen molar-refractivity contribution >= 4 is 11.6 Å². The highest BCUT2D eigenvalue weighted by atomic mass is 16.7. The molecule has 0 aliphatic heterocycles. The highest BCUT2D eigenvalue weighted by Gasteiger charge is 2.26. The van der Waals surface area contributed by atoms with E-state index in [1.165, 1.54) is 7.11 Å². The van der Waals surface area contributed by atoms with Crippen molar-refractivity contribution in [2.45, 2.75) is 39.2 Å². The van der Waals surface area contributed by atoms with Crippen LogP contribution in [-0.2, 0) is 19.7 Å². The second kappa shape index (κ2) is 8.11. The number of rotatable bonds is 7. The average Bonchev–Trinajstić information content (AvgIpc) is 2.48. The quantitative estimate of drug-likeness (QED) is 0.571. The Bertz CT molecular complexity index is 505. The number of carbonyl (C=O) groups is 1. The molecule has 4 nitrogen and oxygen atoms in total. The molecule has 1 amide bonds. The van der Waals surface area contributed by atoms with Crippen LogP contribution in [0, 0.1) is 0 Å². The van der Waals surface area contributed by atoms with Crippen molar-refractivity contribution in [3.05, 3.63) is 42.5 Å². The van der Waals surface area contributed by atoms with Crippen molar-refractivity contribution in [2.24, 2.45) is 0 Å². The molecule has 1 atom stereocenters. The number of methoxy groups -OCH3 is 1. The summed E-state index contributed by atoms with van der Waals surface area (Å²) in [6.07, 6.45) is 1.15. The van der Waals surface area contributed by atoms with Gasteiger partial charge in [-0.05, 0) is 24.0 Å². The Balaban J connectivity index is 3.16. The number of carbonyl (C=O) groups excluding carboxylic acids is 1. The second-order valence-corrected chi connectivity index (χ2v) is 6.22. The zero-order valence-corrected chi connectivity index (χ0v) is 14.3. The molecule has 0 spiro atoms. The van der Waals surface area contributed by atoms with E-state index in [0.717, 1.165) is 11.3 Å². The molecule has 0 aliphatic rings. The molecule has 0 heterocycles. The molecule has 0 saturated heterocycles. The molecule has 0 N–H and O–H groups in total. The summed E-state index contributed by atoms with van der Waals surface area (Å²) in [4.78, 5) is 14.4. The first-order valence-corrected chi connectivity index (χ1v) is 7.45. The van der Waals surface area contributed by atoms with Gasteiger partial charge in [0.2, 0.25) is 0 Å². The molecule has 1 aromatic rings. The van der Waals surface area contributed by atoms with E-state index in [-0.39, 0.29) is 18.1 Å². The van der Waals surface area contributed by atoms with Crippen molar-refractivity contribution in [3.8, 4) is 0 Å². The highest BCUT2D eigenvalue weighted by molar-refractivity contribution is 5.97. The van der Waals surface area contributed by atoms with Gasteiger partial charge in [-0.15, -0.1) is 6.58 Å². The molecular weight excluding hydrogens is 278 g/mol. The third kappa shape index (κ3) is 4.68. The van der Waals surface area contributed by atoms with Crippen LogP contribution in [0.3, 0.4) is 0 Å². The van der Waals surface area contributed by atoms with Gasteiger partial charge in [-0.25, -0.2) is 0 Å². The van der Waals surface area contributed by atoms with Gasteiger partial charge >= 0.3 is 0 Å². The van der Waals surface area contributed by atoms with Gasteiger partial charge < -0.3 is 14.4 Å². The van der Waals surface area contributed by atoms with Crippen LogP contribution in [0.25, 0.3) is 0 Å². The van der Waals surface area contributed by atoms with Crippen LogP contribution in [0.15, 0.2) is 36.9 Å².